The van der Waals surface area contributed by atoms with Crippen LogP contribution in [0.4, 0.5) is 5.69 Å². The van der Waals surface area contributed by atoms with Gasteiger partial charge in [0.1, 0.15) is 0 Å². The molecule has 0 aromatic heterocycles. The van der Waals surface area contributed by atoms with Crippen molar-refractivity contribution < 1.29 is 0 Å². The predicted molar refractivity (Wildman–Crippen MR) is 143 cm³/mol. The zero-order chi connectivity index (χ0) is 21.7. The van der Waals surface area contributed by atoms with Gasteiger partial charge in [-0.05, 0) is 57.5 Å². The highest BCUT2D eigenvalue weighted by molar-refractivity contribution is 9.10. The lowest BCUT2D eigenvalue weighted by molar-refractivity contribution is 0.485. The topological polar surface area (TPSA) is 15.3 Å². The Bertz CT molecular complexity index is 1390. The van der Waals surface area contributed by atoms with Crippen molar-refractivity contribution in [2.75, 3.05) is 24.5 Å². The van der Waals surface area contributed by atoms with Gasteiger partial charge in [0.15, 0.2) is 0 Å². The van der Waals surface area contributed by atoms with Gasteiger partial charge in [-0.2, -0.15) is 0 Å². The molecule has 1 N–H and O–H groups in total. The van der Waals surface area contributed by atoms with Crippen molar-refractivity contribution in [2.45, 2.75) is 13.0 Å². The summed E-state index contributed by atoms with van der Waals surface area (Å²) in [6.45, 7) is 5.51. The lowest BCUT2D eigenvalue weighted by atomic mass is 10.0. The molecule has 0 unspecified atom stereocenters. The Morgan fingerprint density at radius 3 is 2.03 bits per heavy atom. The zero-order valence-electron chi connectivity index (χ0n) is 18.1. The van der Waals surface area contributed by atoms with Gasteiger partial charge >= 0.3 is 0 Å². The maximum absolute atomic E-state index is 3.57. The highest BCUT2D eigenvalue weighted by Gasteiger charge is 2.19. The summed E-state index contributed by atoms with van der Waals surface area (Å²) in [5, 5.41) is 9.01. The van der Waals surface area contributed by atoms with Crippen LogP contribution in [0.5, 0.6) is 0 Å². The van der Waals surface area contributed by atoms with Gasteiger partial charge in [-0.25, -0.2) is 0 Å². The van der Waals surface area contributed by atoms with Crippen molar-refractivity contribution in [3.8, 4) is 0 Å². The van der Waals surface area contributed by atoms with Crippen LogP contribution in [0.3, 0.4) is 0 Å². The van der Waals surface area contributed by atoms with Crippen LogP contribution in [0.25, 0.3) is 45.8 Å². The minimum absolute atomic E-state index is 0.565. The molecule has 0 radical (unpaired) electrons. The zero-order valence-corrected chi connectivity index (χ0v) is 19.7. The minimum atomic E-state index is 0.565. The lowest BCUT2D eigenvalue weighted by Crippen LogP contribution is -2.49. The largest absolute Gasteiger partial charge is 0.368 e. The summed E-state index contributed by atoms with van der Waals surface area (Å²) in [5.74, 6) is 0. The normalized spacial score (nSPS) is 17.8. The van der Waals surface area contributed by atoms with Crippen LogP contribution in [0.2, 0.25) is 0 Å². The molecule has 32 heavy (non-hydrogen) atoms. The maximum Gasteiger partial charge on any atom is 0.0447 e. The van der Waals surface area contributed by atoms with Gasteiger partial charge in [-0.15, -0.1) is 0 Å². The molecule has 3 heteroatoms. The molecule has 3 aliphatic rings. The smallest absolute Gasteiger partial charge is 0.0447 e. The first-order chi connectivity index (χ1) is 15.7. The van der Waals surface area contributed by atoms with Crippen molar-refractivity contribution >= 4 is 67.5 Å². The number of anilines is 1. The number of hydrogen-bond acceptors (Lipinski definition) is 2. The quantitative estimate of drug-likeness (QED) is 0.267. The Labute approximate surface area is 197 Å². The summed E-state index contributed by atoms with van der Waals surface area (Å²) >= 11 is 3.57. The molecule has 2 aliphatic carbocycles. The van der Waals surface area contributed by atoms with Gasteiger partial charge < -0.3 is 10.2 Å². The summed E-state index contributed by atoms with van der Waals surface area (Å²) in [5.41, 5.74) is 6.76. The van der Waals surface area contributed by atoms with E-state index in [9.17, 15) is 0 Å². The molecule has 1 atom stereocenters. The molecule has 1 fully saturated rings. The number of benzene rings is 4. The third-order valence-corrected chi connectivity index (χ3v) is 7.42. The maximum atomic E-state index is 3.57. The second-order valence-corrected chi connectivity index (χ2v) is 9.67. The van der Waals surface area contributed by atoms with Crippen molar-refractivity contribution in [1.82, 2.24) is 5.32 Å². The lowest BCUT2D eigenvalue weighted by Gasteiger charge is -2.34. The number of halogens is 1. The van der Waals surface area contributed by atoms with E-state index in [0.717, 1.165) is 19.6 Å². The van der Waals surface area contributed by atoms with Crippen LogP contribution in [-0.2, 0) is 0 Å². The van der Waals surface area contributed by atoms with E-state index in [0.29, 0.717) is 6.04 Å². The highest BCUT2D eigenvalue weighted by atomic mass is 79.9. The van der Waals surface area contributed by atoms with Gasteiger partial charge in [-0.3, -0.25) is 0 Å². The second kappa shape index (κ2) is 7.91. The van der Waals surface area contributed by atoms with Crippen molar-refractivity contribution in [3.63, 3.8) is 0 Å². The molecule has 1 saturated heterocycles. The minimum Gasteiger partial charge on any atom is -0.368 e. The van der Waals surface area contributed by atoms with Gasteiger partial charge in [0.25, 0.3) is 0 Å². The van der Waals surface area contributed by atoms with E-state index in [4.69, 9.17) is 0 Å². The van der Waals surface area contributed by atoms with Crippen molar-refractivity contribution in [3.05, 3.63) is 87.4 Å². The molecular weight excluding hydrogens is 456 g/mol. The van der Waals surface area contributed by atoms with E-state index in [-0.39, 0.29) is 0 Å². The third kappa shape index (κ3) is 3.28. The Morgan fingerprint density at radius 2 is 1.34 bits per heavy atom. The van der Waals surface area contributed by atoms with Crippen LogP contribution in [0, 0.1) is 0 Å². The number of nitrogens with one attached hydrogen (secondary N) is 1. The highest BCUT2D eigenvalue weighted by Crippen LogP contribution is 2.37. The van der Waals surface area contributed by atoms with Gasteiger partial charge in [0.2, 0.25) is 0 Å². The average Bonchev–Trinajstić information content (AvgIpc) is 3.44. The molecule has 4 aromatic rings. The van der Waals surface area contributed by atoms with Crippen LogP contribution in [0.1, 0.15) is 29.2 Å². The molecule has 0 spiro atoms. The van der Waals surface area contributed by atoms with E-state index in [1.54, 1.807) is 0 Å². The van der Waals surface area contributed by atoms with Crippen molar-refractivity contribution in [1.29, 1.82) is 0 Å². The first kappa shape index (κ1) is 19.8. The van der Waals surface area contributed by atoms with Gasteiger partial charge in [-0.1, -0.05) is 88.8 Å². The molecule has 1 aliphatic heterocycles. The monoisotopic (exact) mass is 480 g/mol. The first-order valence-electron chi connectivity index (χ1n) is 11.3. The van der Waals surface area contributed by atoms with Crippen LogP contribution >= 0.6 is 15.9 Å². The SMILES string of the molecule is Brc1ccc2c3c(cccc13)C=C2.C[C@@H]1CN(c2ccc3c4c(cccc24)C=C3)CCN1. The summed E-state index contributed by atoms with van der Waals surface area (Å²) in [7, 11) is 0. The summed E-state index contributed by atoms with van der Waals surface area (Å²) in [4.78, 5) is 2.52. The van der Waals surface area contributed by atoms with E-state index < -0.39 is 0 Å². The molecule has 158 valence electrons. The van der Waals surface area contributed by atoms with Crippen LogP contribution < -0.4 is 10.2 Å². The molecule has 4 aromatic carbocycles. The van der Waals surface area contributed by atoms with Gasteiger partial charge in [0, 0.05) is 41.2 Å². The Kier molecular flexibility index (Phi) is 4.89. The fraction of sp³-hybridized carbons (Fsp3) is 0.172. The number of nitrogens with zero attached hydrogens (tertiary/aromatic N) is 1. The molecule has 0 saturated carbocycles. The van der Waals surface area contributed by atoms with Gasteiger partial charge in [0.05, 0.1) is 0 Å². The van der Waals surface area contributed by atoms with E-state index in [2.05, 4.69) is 118 Å². The first-order valence-corrected chi connectivity index (χ1v) is 12.1. The van der Waals surface area contributed by atoms with Crippen LogP contribution in [-0.4, -0.2) is 25.7 Å². The van der Waals surface area contributed by atoms with E-state index in [1.807, 2.05) is 0 Å². The van der Waals surface area contributed by atoms with E-state index in [1.165, 1.54) is 54.0 Å². The third-order valence-electron chi connectivity index (χ3n) is 6.73. The molecule has 0 bridgehead atoms. The standard InChI is InChI=1S/C17H18N2.C12H7Br/c1-12-11-19(10-9-18-12)16-8-7-14-6-5-13-3-2-4-15(16)17(13)14;13-11-7-6-9-5-4-8-2-1-3-10(11)12(8)9/h2-8,12,18H,9-11H2,1H3;1-7H/t12-;/m1./s1. The number of hydrogen-bond donors (Lipinski definition) is 1. The van der Waals surface area contributed by atoms with Crippen LogP contribution in [0.15, 0.2) is 65.1 Å². The summed E-state index contributed by atoms with van der Waals surface area (Å²) in [6, 6.07) is 22.4. The number of piperazine rings is 1. The Hall–Kier alpha value is -2.88. The van der Waals surface area contributed by atoms with E-state index >= 15 is 0 Å². The molecular formula is C29H25BrN2. The summed E-state index contributed by atoms with van der Waals surface area (Å²) in [6.07, 6.45) is 8.79. The fourth-order valence-corrected chi connectivity index (χ4v) is 5.68. The van der Waals surface area contributed by atoms with Crippen molar-refractivity contribution in [2.24, 2.45) is 0 Å². The molecule has 7 rings (SSSR count). The molecule has 0 amide bonds. The second-order valence-electron chi connectivity index (χ2n) is 8.82. The Balaban J connectivity index is 0.000000131. The summed E-state index contributed by atoms with van der Waals surface area (Å²) < 4.78 is 1.18. The average molecular weight is 481 g/mol. The molecule has 2 nitrogen and oxygen atoms in total. The molecule has 1 heterocycles. The predicted octanol–water partition coefficient (Wildman–Crippen LogP) is 7.21. The number of rotatable bonds is 1. The Morgan fingerprint density at radius 1 is 0.750 bits per heavy atom. The fourth-order valence-electron chi connectivity index (χ4n) is 5.22.